The van der Waals surface area contributed by atoms with Crippen LogP contribution < -0.4 is 0 Å². The van der Waals surface area contributed by atoms with Crippen molar-refractivity contribution in [3.05, 3.63) is 76.1 Å². The topological polar surface area (TPSA) is 12.9 Å². The predicted molar refractivity (Wildman–Crippen MR) is 91.2 cm³/mol. The van der Waals surface area contributed by atoms with Gasteiger partial charge in [-0.2, -0.15) is 0 Å². The Hall–Kier alpha value is -1.26. The van der Waals surface area contributed by atoms with Gasteiger partial charge in [0.2, 0.25) is 0 Å². The Morgan fingerprint density at radius 1 is 1.05 bits per heavy atom. The Kier molecular flexibility index (Phi) is 4.36. The lowest BCUT2D eigenvalue weighted by Crippen LogP contribution is -2.00. The number of fused-ring (bicyclic) bond motifs is 1. The van der Waals surface area contributed by atoms with Gasteiger partial charge in [0.1, 0.15) is 5.82 Å². The molecule has 2 aromatic carbocycles. The van der Waals surface area contributed by atoms with Gasteiger partial charge in [-0.3, -0.25) is 4.98 Å². The van der Waals surface area contributed by atoms with Crippen molar-refractivity contribution in [2.45, 2.75) is 11.2 Å². The van der Waals surface area contributed by atoms with Crippen LogP contribution in [0.5, 0.6) is 0 Å². The lowest BCUT2D eigenvalue weighted by atomic mass is 10.1. The highest BCUT2D eigenvalue weighted by molar-refractivity contribution is 9.10. The van der Waals surface area contributed by atoms with E-state index < -0.39 is 0 Å². The first-order valence-corrected chi connectivity index (χ1v) is 8.28. The van der Waals surface area contributed by atoms with Crippen molar-refractivity contribution in [2.75, 3.05) is 0 Å². The number of halogens is 3. The van der Waals surface area contributed by atoms with Gasteiger partial charge >= 0.3 is 0 Å². The first kappa shape index (κ1) is 14.7. The number of para-hydroxylation sites is 1. The zero-order chi connectivity index (χ0) is 14.8. The number of aromatic nitrogens is 1. The molecule has 106 valence electrons. The third kappa shape index (κ3) is 3.33. The highest BCUT2D eigenvalue weighted by Gasteiger charge is 2.14. The first-order chi connectivity index (χ1) is 10.1. The van der Waals surface area contributed by atoms with Crippen molar-refractivity contribution >= 4 is 42.8 Å². The minimum Gasteiger partial charge on any atom is -0.253 e. The van der Waals surface area contributed by atoms with E-state index in [4.69, 9.17) is 0 Å². The van der Waals surface area contributed by atoms with Gasteiger partial charge in [0, 0.05) is 32.4 Å². The van der Waals surface area contributed by atoms with Crippen molar-refractivity contribution in [1.82, 2.24) is 4.98 Å². The normalized spacial score (nSPS) is 12.5. The fraction of sp³-hybridized carbons (Fsp3) is 0.118. The lowest BCUT2D eigenvalue weighted by molar-refractivity contribution is 0.607. The quantitative estimate of drug-likeness (QED) is 0.498. The molecular formula is C17H12Br2FN. The maximum absolute atomic E-state index is 13.9. The molecule has 3 rings (SSSR count). The number of hydrogen-bond donors (Lipinski definition) is 0. The average Bonchev–Trinajstić information content (AvgIpc) is 2.49. The van der Waals surface area contributed by atoms with E-state index in [1.807, 2.05) is 30.3 Å². The number of hydrogen-bond acceptors (Lipinski definition) is 1. The molecule has 0 bridgehead atoms. The Balaban J connectivity index is 1.88. The fourth-order valence-corrected chi connectivity index (χ4v) is 3.33. The third-order valence-corrected chi connectivity index (χ3v) is 4.65. The van der Waals surface area contributed by atoms with E-state index in [-0.39, 0.29) is 10.6 Å². The van der Waals surface area contributed by atoms with Crippen molar-refractivity contribution in [3.8, 4) is 0 Å². The summed E-state index contributed by atoms with van der Waals surface area (Å²) in [4.78, 5) is 4.52. The molecule has 0 saturated heterocycles. The second kappa shape index (κ2) is 6.24. The summed E-state index contributed by atoms with van der Waals surface area (Å²) in [5.74, 6) is -0.208. The standard InChI is InChI=1S/C17H12Br2FN/c18-12-6-8-16(20)14(9-12)15(19)10-13-7-5-11-3-1-2-4-17(11)21-13/h1-9,15H,10H2. The van der Waals surface area contributed by atoms with Gasteiger partial charge < -0.3 is 0 Å². The highest BCUT2D eigenvalue weighted by atomic mass is 79.9. The van der Waals surface area contributed by atoms with Crippen LogP contribution in [0, 0.1) is 5.82 Å². The number of rotatable bonds is 3. The van der Waals surface area contributed by atoms with E-state index in [1.54, 1.807) is 12.1 Å². The monoisotopic (exact) mass is 407 g/mol. The number of alkyl halides is 1. The third-order valence-electron chi connectivity index (χ3n) is 3.34. The van der Waals surface area contributed by atoms with E-state index in [0.717, 1.165) is 21.1 Å². The molecule has 0 saturated carbocycles. The van der Waals surface area contributed by atoms with E-state index in [0.29, 0.717) is 12.0 Å². The Morgan fingerprint density at radius 2 is 1.86 bits per heavy atom. The summed E-state index contributed by atoms with van der Waals surface area (Å²) >= 11 is 6.95. The van der Waals surface area contributed by atoms with Gasteiger partial charge in [0.05, 0.1) is 5.52 Å². The van der Waals surface area contributed by atoms with Crippen molar-refractivity contribution in [1.29, 1.82) is 0 Å². The molecule has 21 heavy (non-hydrogen) atoms. The van der Waals surface area contributed by atoms with Crippen LogP contribution in [-0.2, 0) is 6.42 Å². The van der Waals surface area contributed by atoms with Crippen LogP contribution in [0.15, 0.2) is 59.1 Å². The molecule has 0 fully saturated rings. The van der Waals surface area contributed by atoms with Crippen LogP contribution in [0.3, 0.4) is 0 Å². The summed E-state index contributed by atoms with van der Waals surface area (Å²) in [7, 11) is 0. The molecule has 3 aromatic rings. The molecule has 0 N–H and O–H groups in total. The summed E-state index contributed by atoms with van der Waals surface area (Å²) in [5, 5.41) is 1.11. The first-order valence-electron chi connectivity index (χ1n) is 6.57. The summed E-state index contributed by atoms with van der Waals surface area (Å²) in [6.07, 6.45) is 0.637. The van der Waals surface area contributed by atoms with E-state index in [2.05, 4.69) is 42.9 Å². The van der Waals surface area contributed by atoms with Crippen LogP contribution in [0.1, 0.15) is 16.1 Å². The molecule has 4 heteroatoms. The molecule has 0 aliphatic heterocycles. The van der Waals surface area contributed by atoms with Crippen LogP contribution in [0.2, 0.25) is 0 Å². The van der Waals surface area contributed by atoms with Crippen molar-refractivity contribution < 1.29 is 4.39 Å². The Morgan fingerprint density at radius 3 is 2.71 bits per heavy atom. The van der Waals surface area contributed by atoms with Crippen molar-refractivity contribution in [2.24, 2.45) is 0 Å². The molecule has 0 aliphatic carbocycles. The second-order valence-electron chi connectivity index (χ2n) is 4.83. The smallest absolute Gasteiger partial charge is 0.127 e. The Bertz CT molecular complexity index is 789. The van der Waals surface area contributed by atoms with Gasteiger partial charge in [-0.1, -0.05) is 56.1 Å². The maximum atomic E-state index is 13.9. The van der Waals surface area contributed by atoms with E-state index in [1.165, 1.54) is 6.07 Å². The van der Waals surface area contributed by atoms with Gasteiger partial charge in [-0.05, 0) is 30.3 Å². The lowest BCUT2D eigenvalue weighted by Gasteiger charge is -2.12. The van der Waals surface area contributed by atoms with Crippen LogP contribution >= 0.6 is 31.9 Å². The fourth-order valence-electron chi connectivity index (χ4n) is 2.27. The molecule has 0 aliphatic rings. The van der Waals surface area contributed by atoms with E-state index in [9.17, 15) is 4.39 Å². The number of nitrogens with zero attached hydrogens (tertiary/aromatic N) is 1. The van der Waals surface area contributed by atoms with E-state index >= 15 is 0 Å². The van der Waals surface area contributed by atoms with Gasteiger partial charge in [-0.15, -0.1) is 0 Å². The molecule has 0 spiro atoms. The number of benzene rings is 2. The average molecular weight is 409 g/mol. The highest BCUT2D eigenvalue weighted by Crippen LogP contribution is 2.31. The summed E-state index contributed by atoms with van der Waals surface area (Å²) < 4.78 is 14.8. The molecular weight excluding hydrogens is 397 g/mol. The predicted octanol–water partition coefficient (Wildman–Crippen LogP) is 5.82. The molecule has 1 unspecified atom stereocenters. The molecule has 1 aromatic heterocycles. The minimum absolute atomic E-state index is 0.108. The van der Waals surface area contributed by atoms with Gasteiger partial charge in [0.15, 0.2) is 0 Å². The minimum atomic E-state index is -0.208. The molecule has 1 atom stereocenters. The Labute approximate surface area is 139 Å². The molecule has 1 heterocycles. The molecule has 0 radical (unpaired) electrons. The zero-order valence-electron chi connectivity index (χ0n) is 11.1. The summed E-state index contributed by atoms with van der Waals surface area (Å²) in [5.41, 5.74) is 2.54. The van der Waals surface area contributed by atoms with Crippen LogP contribution in [0.4, 0.5) is 4.39 Å². The summed E-state index contributed by atoms with van der Waals surface area (Å²) in [6.45, 7) is 0. The number of pyridine rings is 1. The SMILES string of the molecule is Fc1ccc(Br)cc1C(Br)Cc1ccc2ccccc2n1. The largest absolute Gasteiger partial charge is 0.253 e. The zero-order valence-corrected chi connectivity index (χ0v) is 14.2. The van der Waals surface area contributed by atoms with Crippen LogP contribution in [0.25, 0.3) is 10.9 Å². The summed E-state index contributed by atoms with van der Waals surface area (Å²) in [6, 6.07) is 17.0. The molecule has 0 amide bonds. The van der Waals surface area contributed by atoms with Crippen LogP contribution in [-0.4, -0.2) is 4.98 Å². The van der Waals surface area contributed by atoms with Gasteiger partial charge in [-0.25, -0.2) is 4.39 Å². The second-order valence-corrected chi connectivity index (χ2v) is 6.85. The maximum Gasteiger partial charge on any atom is 0.127 e. The van der Waals surface area contributed by atoms with Crippen molar-refractivity contribution in [3.63, 3.8) is 0 Å². The molecule has 1 nitrogen and oxygen atoms in total. The van der Waals surface area contributed by atoms with Gasteiger partial charge in [0.25, 0.3) is 0 Å².